The summed E-state index contributed by atoms with van der Waals surface area (Å²) in [7, 11) is -3.68. The van der Waals surface area contributed by atoms with Gasteiger partial charge in [-0.05, 0) is 51.0 Å². The van der Waals surface area contributed by atoms with Crippen LogP contribution in [0.3, 0.4) is 0 Å². The molecule has 0 aliphatic carbocycles. The molecule has 1 aromatic carbocycles. The topological polar surface area (TPSA) is 80.5 Å². The Morgan fingerprint density at radius 1 is 1.20 bits per heavy atom. The first-order valence-corrected chi connectivity index (χ1v) is 9.47. The Bertz CT molecular complexity index is 862. The smallest absolute Gasteiger partial charge is 0.248 e. The zero-order valence-electron chi connectivity index (χ0n) is 14.0. The molecular formula is C17H19FN2O4S. The molecule has 6 nitrogen and oxygen atoms in total. The maximum absolute atomic E-state index is 13.0. The summed E-state index contributed by atoms with van der Waals surface area (Å²) in [5, 5.41) is 3.70. The van der Waals surface area contributed by atoms with Crippen LogP contribution >= 0.6 is 0 Å². The molecule has 0 N–H and O–H groups in total. The number of rotatable bonds is 4. The molecule has 1 aliphatic heterocycles. The van der Waals surface area contributed by atoms with Crippen molar-refractivity contribution in [2.75, 3.05) is 13.1 Å². The second-order valence-corrected chi connectivity index (χ2v) is 8.08. The summed E-state index contributed by atoms with van der Waals surface area (Å²) >= 11 is 0. The third-order valence-electron chi connectivity index (χ3n) is 4.52. The monoisotopic (exact) mass is 366 g/mol. The van der Waals surface area contributed by atoms with E-state index >= 15 is 0 Å². The Morgan fingerprint density at radius 3 is 2.32 bits per heavy atom. The second-order valence-electron chi connectivity index (χ2n) is 6.20. The molecule has 1 fully saturated rings. The molecule has 0 atom stereocenters. The molecule has 1 aromatic heterocycles. The first kappa shape index (κ1) is 17.8. The Morgan fingerprint density at radius 2 is 1.80 bits per heavy atom. The fraction of sp³-hybridized carbons (Fsp3) is 0.412. The van der Waals surface area contributed by atoms with E-state index in [0.29, 0.717) is 24.1 Å². The SMILES string of the molecule is Cc1noc(C)c1S(=O)(=O)N1CCC(C(=O)c2ccc(F)cc2)CC1. The van der Waals surface area contributed by atoms with Crippen LogP contribution in [0, 0.1) is 25.6 Å². The summed E-state index contributed by atoms with van der Waals surface area (Å²) in [6.45, 7) is 3.67. The van der Waals surface area contributed by atoms with Gasteiger partial charge in [-0.3, -0.25) is 4.79 Å². The average molecular weight is 366 g/mol. The van der Waals surface area contributed by atoms with Gasteiger partial charge in [0.1, 0.15) is 16.4 Å². The van der Waals surface area contributed by atoms with Crippen LogP contribution in [-0.2, 0) is 10.0 Å². The lowest BCUT2D eigenvalue weighted by molar-refractivity contribution is 0.0875. The van der Waals surface area contributed by atoms with Crippen molar-refractivity contribution >= 4 is 15.8 Å². The van der Waals surface area contributed by atoms with Crippen molar-refractivity contribution in [3.8, 4) is 0 Å². The van der Waals surface area contributed by atoms with Crippen molar-refractivity contribution in [1.82, 2.24) is 9.46 Å². The van der Waals surface area contributed by atoms with E-state index in [-0.39, 0.29) is 35.4 Å². The Balaban J connectivity index is 1.71. The summed E-state index contributed by atoms with van der Waals surface area (Å²) in [4.78, 5) is 12.6. The lowest BCUT2D eigenvalue weighted by atomic mass is 9.90. The van der Waals surface area contributed by atoms with Gasteiger partial charge in [-0.15, -0.1) is 0 Å². The summed E-state index contributed by atoms with van der Waals surface area (Å²) in [6, 6.07) is 5.43. The largest absolute Gasteiger partial charge is 0.360 e. The Labute approximate surface area is 145 Å². The summed E-state index contributed by atoms with van der Waals surface area (Å²) in [5.74, 6) is -0.463. The van der Waals surface area contributed by atoms with Crippen molar-refractivity contribution in [2.24, 2.45) is 5.92 Å². The van der Waals surface area contributed by atoms with E-state index in [4.69, 9.17) is 4.52 Å². The minimum atomic E-state index is -3.68. The molecule has 0 unspecified atom stereocenters. The average Bonchev–Trinajstić information content (AvgIpc) is 2.94. The number of nitrogens with zero attached hydrogens (tertiary/aromatic N) is 2. The van der Waals surface area contributed by atoms with E-state index in [9.17, 15) is 17.6 Å². The number of benzene rings is 1. The molecular weight excluding hydrogens is 347 g/mol. The van der Waals surface area contributed by atoms with E-state index in [1.165, 1.54) is 28.6 Å². The number of carbonyl (C=O) groups excluding carboxylic acids is 1. The normalized spacial score (nSPS) is 16.9. The number of aryl methyl sites for hydroxylation is 2. The number of piperidine rings is 1. The molecule has 0 amide bonds. The van der Waals surface area contributed by atoms with Crippen LogP contribution in [0.2, 0.25) is 0 Å². The minimum absolute atomic E-state index is 0.0746. The lowest BCUT2D eigenvalue weighted by Crippen LogP contribution is -2.40. The Kier molecular flexibility index (Phi) is 4.75. The molecule has 2 heterocycles. The highest BCUT2D eigenvalue weighted by atomic mass is 32.2. The maximum Gasteiger partial charge on any atom is 0.248 e. The first-order chi connectivity index (χ1) is 11.8. The summed E-state index contributed by atoms with van der Waals surface area (Å²) in [6.07, 6.45) is 0.859. The van der Waals surface area contributed by atoms with E-state index in [1.807, 2.05) is 0 Å². The fourth-order valence-electron chi connectivity index (χ4n) is 3.18. The number of sulfonamides is 1. The van der Waals surface area contributed by atoms with Crippen molar-refractivity contribution in [1.29, 1.82) is 0 Å². The molecule has 0 bridgehead atoms. The van der Waals surface area contributed by atoms with Crippen LogP contribution in [0.4, 0.5) is 4.39 Å². The molecule has 0 spiro atoms. The molecule has 134 valence electrons. The van der Waals surface area contributed by atoms with Crippen LogP contribution in [0.1, 0.15) is 34.7 Å². The molecule has 8 heteroatoms. The van der Waals surface area contributed by atoms with Gasteiger partial charge in [0.15, 0.2) is 11.5 Å². The van der Waals surface area contributed by atoms with Crippen LogP contribution in [0.15, 0.2) is 33.7 Å². The number of aromatic nitrogens is 1. The third kappa shape index (κ3) is 3.36. The molecule has 1 aliphatic rings. The highest BCUT2D eigenvalue weighted by molar-refractivity contribution is 7.89. The molecule has 2 aromatic rings. The van der Waals surface area contributed by atoms with Gasteiger partial charge in [-0.25, -0.2) is 12.8 Å². The molecule has 25 heavy (non-hydrogen) atoms. The lowest BCUT2D eigenvalue weighted by Gasteiger charge is -2.30. The molecule has 1 saturated heterocycles. The van der Waals surface area contributed by atoms with E-state index in [2.05, 4.69) is 5.16 Å². The van der Waals surface area contributed by atoms with Gasteiger partial charge in [-0.2, -0.15) is 4.31 Å². The van der Waals surface area contributed by atoms with E-state index in [0.717, 1.165) is 0 Å². The van der Waals surface area contributed by atoms with E-state index < -0.39 is 15.8 Å². The van der Waals surface area contributed by atoms with Gasteiger partial charge in [0.25, 0.3) is 0 Å². The van der Waals surface area contributed by atoms with Gasteiger partial charge in [0.2, 0.25) is 10.0 Å². The summed E-state index contributed by atoms with van der Waals surface area (Å²) in [5.41, 5.74) is 0.787. The number of carbonyl (C=O) groups is 1. The van der Waals surface area contributed by atoms with Crippen LogP contribution in [0.5, 0.6) is 0 Å². The van der Waals surface area contributed by atoms with Gasteiger partial charge in [-0.1, -0.05) is 5.16 Å². The van der Waals surface area contributed by atoms with Gasteiger partial charge >= 0.3 is 0 Å². The number of hydrogen-bond acceptors (Lipinski definition) is 5. The standard InChI is InChI=1S/C17H19FN2O4S/c1-11-17(12(2)24-19-11)25(22,23)20-9-7-14(8-10-20)16(21)13-3-5-15(18)6-4-13/h3-6,14H,7-10H2,1-2H3. The predicted molar refractivity (Wildman–Crippen MR) is 88.2 cm³/mol. The molecule has 0 radical (unpaired) electrons. The number of hydrogen-bond donors (Lipinski definition) is 0. The van der Waals surface area contributed by atoms with Crippen LogP contribution in [-0.4, -0.2) is 36.8 Å². The minimum Gasteiger partial charge on any atom is -0.360 e. The third-order valence-corrected chi connectivity index (χ3v) is 6.66. The zero-order chi connectivity index (χ0) is 18.2. The van der Waals surface area contributed by atoms with Gasteiger partial charge < -0.3 is 4.52 Å². The molecule has 0 saturated carbocycles. The quantitative estimate of drug-likeness (QED) is 0.777. The van der Waals surface area contributed by atoms with Crippen molar-refractivity contribution in [3.05, 3.63) is 47.1 Å². The first-order valence-electron chi connectivity index (χ1n) is 8.03. The van der Waals surface area contributed by atoms with Gasteiger partial charge in [0.05, 0.1) is 0 Å². The number of ketones is 1. The van der Waals surface area contributed by atoms with E-state index in [1.54, 1.807) is 13.8 Å². The highest BCUT2D eigenvalue weighted by Gasteiger charge is 2.35. The Hall–Kier alpha value is -2.06. The van der Waals surface area contributed by atoms with Crippen molar-refractivity contribution in [2.45, 2.75) is 31.6 Å². The number of halogens is 1. The van der Waals surface area contributed by atoms with Crippen LogP contribution in [0.25, 0.3) is 0 Å². The van der Waals surface area contributed by atoms with Crippen LogP contribution < -0.4 is 0 Å². The van der Waals surface area contributed by atoms with Gasteiger partial charge in [0, 0.05) is 24.6 Å². The molecule has 3 rings (SSSR count). The number of Topliss-reactive ketones (excluding diaryl/α,β-unsaturated/α-hetero) is 1. The van der Waals surface area contributed by atoms with Crippen molar-refractivity contribution < 1.29 is 22.1 Å². The van der Waals surface area contributed by atoms with Crippen molar-refractivity contribution in [3.63, 3.8) is 0 Å². The highest BCUT2D eigenvalue weighted by Crippen LogP contribution is 2.29. The predicted octanol–water partition coefficient (Wildman–Crippen LogP) is 2.71. The zero-order valence-corrected chi connectivity index (χ0v) is 14.8. The summed E-state index contributed by atoms with van der Waals surface area (Å²) < 4.78 is 44.9. The maximum atomic E-state index is 13.0. The fourth-order valence-corrected chi connectivity index (χ4v) is 4.94. The second kappa shape index (κ2) is 6.68.